The van der Waals surface area contributed by atoms with Gasteiger partial charge in [-0.1, -0.05) is 0 Å². The Bertz CT molecular complexity index is 959. The smallest absolute Gasteiger partial charge is 0.246 e. The van der Waals surface area contributed by atoms with Gasteiger partial charge in [-0.15, -0.1) is 5.10 Å². The number of benzene rings is 1. The van der Waals surface area contributed by atoms with Gasteiger partial charge < -0.3 is 19.3 Å². The number of anilines is 2. The van der Waals surface area contributed by atoms with Crippen LogP contribution in [-0.2, 0) is 10.0 Å². The summed E-state index contributed by atoms with van der Waals surface area (Å²) in [6.45, 7) is 6.35. The highest BCUT2D eigenvalue weighted by atomic mass is 32.2. The number of piperazine rings is 1. The Labute approximate surface area is 178 Å². The third-order valence-electron chi connectivity index (χ3n) is 4.85. The maximum Gasteiger partial charge on any atom is 0.246 e. The third kappa shape index (κ3) is 4.76. The molecule has 1 aromatic heterocycles. The van der Waals surface area contributed by atoms with Gasteiger partial charge in [-0.3, -0.25) is 0 Å². The van der Waals surface area contributed by atoms with Gasteiger partial charge in [0.25, 0.3) is 0 Å². The van der Waals surface area contributed by atoms with E-state index >= 15 is 0 Å². The van der Waals surface area contributed by atoms with E-state index in [0.29, 0.717) is 50.9 Å². The summed E-state index contributed by atoms with van der Waals surface area (Å²) in [6.07, 6.45) is 1.70. The highest BCUT2D eigenvalue weighted by Crippen LogP contribution is 2.32. The molecule has 3 rings (SSSR count). The van der Waals surface area contributed by atoms with E-state index in [9.17, 15) is 8.42 Å². The van der Waals surface area contributed by atoms with Crippen LogP contribution in [0.2, 0.25) is 0 Å². The zero-order valence-electron chi connectivity index (χ0n) is 17.9. The summed E-state index contributed by atoms with van der Waals surface area (Å²) in [5, 5.41) is 8.26. The van der Waals surface area contributed by atoms with Gasteiger partial charge in [0.1, 0.15) is 16.4 Å². The molecule has 2 aromatic rings. The Kier molecular flexibility index (Phi) is 6.99. The number of hydrogen-bond donors (Lipinski definition) is 0. The maximum absolute atomic E-state index is 13.3. The average molecular weight is 436 g/mol. The Morgan fingerprint density at radius 1 is 1.03 bits per heavy atom. The first-order chi connectivity index (χ1) is 14.4. The second kappa shape index (κ2) is 9.48. The standard InChI is InChI=1S/C20H29N5O4S/c1-5-28-17-7-8-19(18(14-17)29-6-2)30(26,27)25-11-9-24(10-12-25)20-13-16(23(3)4)15-21-22-20/h7-8,13-15H,5-6,9-12H2,1-4H3. The molecular formula is C20H29N5O4S. The molecule has 9 nitrogen and oxygen atoms in total. The molecule has 0 bridgehead atoms. The Hall–Kier alpha value is -2.59. The van der Waals surface area contributed by atoms with Gasteiger partial charge in [0.15, 0.2) is 5.82 Å². The fraction of sp³-hybridized carbons (Fsp3) is 0.500. The zero-order valence-corrected chi connectivity index (χ0v) is 18.7. The first kappa shape index (κ1) is 22.1. The summed E-state index contributed by atoms with van der Waals surface area (Å²) in [5.74, 6) is 1.65. The molecule has 1 aliphatic heterocycles. The molecule has 10 heteroatoms. The molecule has 0 radical (unpaired) electrons. The van der Waals surface area contributed by atoms with E-state index in [-0.39, 0.29) is 4.90 Å². The van der Waals surface area contributed by atoms with Crippen molar-refractivity contribution in [3.8, 4) is 11.5 Å². The second-order valence-electron chi connectivity index (χ2n) is 7.03. The van der Waals surface area contributed by atoms with Crippen LogP contribution in [0.15, 0.2) is 35.4 Å². The molecule has 0 spiro atoms. The van der Waals surface area contributed by atoms with Crippen LogP contribution in [0.3, 0.4) is 0 Å². The van der Waals surface area contributed by atoms with Crippen LogP contribution in [0.25, 0.3) is 0 Å². The molecule has 1 aliphatic rings. The summed E-state index contributed by atoms with van der Waals surface area (Å²) in [5.41, 5.74) is 0.950. The molecule has 0 saturated carbocycles. The molecule has 0 atom stereocenters. The molecule has 0 amide bonds. The average Bonchev–Trinajstić information content (AvgIpc) is 2.74. The monoisotopic (exact) mass is 435 g/mol. The maximum atomic E-state index is 13.3. The number of sulfonamides is 1. The fourth-order valence-electron chi connectivity index (χ4n) is 3.27. The predicted octanol–water partition coefficient (Wildman–Crippen LogP) is 1.85. The lowest BCUT2D eigenvalue weighted by molar-refractivity contribution is 0.314. The summed E-state index contributed by atoms with van der Waals surface area (Å²) in [6, 6.07) is 6.82. The van der Waals surface area contributed by atoms with Gasteiger partial charge in [0.05, 0.1) is 25.1 Å². The third-order valence-corrected chi connectivity index (χ3v) is 6.79. The van der Waals surface area contributed by atoms with Crippen LogP contribution >= 0.6 is 0 Å². The van der Waals surface area contributed by atoms with Gasteiger partial charge in [-0.25, -0.2) is 8.42 Å². The first-order valence-electron chi connectivity index (χ1n) is 10.0. The van der Waals surface area contributed by atoms with E-state index in [0.717, 1.165) is 11.5 Å². The van der Waals surface area contributed by atoms with Crippen LogP contribution in [0.1, 0.15) is 13.8 Å². The topological polar surface area (TPSA) is 88.1 Å². The molecule has 0 unspecified atom stereocenters. The van der Waals surface area contributed by atoms with E-state index < -0.39 is 10.0 Å². The summed E-state index contributed by atoms with van der Waals surface area (Å²) >= 11 is 0. The lowest BCUT2D eigenvalue weighted by Crippen LogP contribution is -2.49. The number of aromatic nitrogens is 2. The molecular weight excluding hydrogens is 406 g/mol. The molecule has 1 saturated heterocycles. The van der Waals surface area contributed by atoms with Crippen LogP contribution in [0, 0.1) is 0 Å². The quantitative estimate of drug-likeness (QED) is 0.621. The van der Waals surface area contributed by atoms with Crippen LogP contribution in [-0.4, -0.2) is 76.4 Å². The highest BCUT2D eigenvalue weighted by Gasteiger charge is 2.31. The minimum Gasteiger partial charge on any atom is -0.494 e. The van der Waals surface area contributed by atoms with Crippen molar-refractivity contribution in [2.24, 2.45) is 0 Å². The van der Waals surface area contributed by atoms with Crippen molar-refractivity contribution in [1.29, 1.82) is 0 Å². The van der Waals surface area contributed by atoms with Gasteiger partial charge in [0.2, 0.25) is 10.0 Å². The summed E-state index contributed by atoms with van der Waals surface area (Å²) in [7, 11) is 0.193. The number of hydrogen-bond acceptors (Lipinski definition) is 8. The van der Waals surface area contributed by atoms with E-state index in [1.165, 1.54) is 4.31 Å². The number of nitrogens with zero attached hydrogens (tertiary/aromatic N) is 5. The predicted molar refractivity (Wildman–Crippen MR) is 116 cm³/mol. The Morgan fingerprint density at radius 2 is 1.73 bits per heavy atom. The summed E-state index contributed by atoms with van der Waals surface area (Å²) in [4.78, 5) is 4.17. The normalized spacial score (nSPS) is 15.1. The molecule has 2 heterocycles. The van der Waals surface area contributed by atoms with Crippen molar-refractivity contribution in [2.75, 3.05) is 63.3 Å². The Morgan fingerprint density at radius 3 is 2.37 bits per heavy atom. The fourth-order valence-corrected chi connectivity index (χ4v) is 4.80. The first-order valence-corrected chi connectivity index (χ1v) is 11.5. The number of ether oxygens (including phenoxy) is 2. The van der Waals surface area contributed by atoms with Gasteiger partial charge in [-0.2, -0.15) is 9.40 Å². The molecule has 1 fully saturated rings. The van der Waals surface area contributed by atoms with Crippen LogP contribution in [0.5, 0.6) is 11.5 Å². The SMILES string of the molecule is CCOc1ccc(S(=O)(=O)N2CCN(c3cc(N(C)C)cnn3)CC2)c(OCC)c1. The molecule has 0 N–H and O–H groups in total. The molecule has 0 aliphatic carbocycles. The van der Waals surface area contributed by atoms with Gasteiger partial charge in [0, 0.05) is 52.4 Å². The zero-order chi connectivity index (χ0) is 21.7. The number of rotatable bonds is 8. The largest absolute Gasteiger partial charge is 0.494 e. The Balaban J connectivity index is 1.77. The van der Waals surface area contributed by atoms with E-state index in [1.54, 1.807) is 24.4 Å². The van der Waals surface area contributed by atoms with Crippen molar-refractivity contribution in [1.82, 2.24) is 14.5 Å². The second-order valence-corrected chi connectivity index (χ2v) is 8.94. The van der Waals surface area contributed by atoms with Crippen molar-refractivity contribution in [3.05, 3.63) is 30.5 Å². The van der Waals surface area contributed by atoms with Crippen LogP contribution in [0.4, 0.5) is 11.5 Å². The van der Waals surface area contributed by atoms with E-state index in [2.05, 4.69) is 10.2 Å². The summed E-state index contributed by atoms with van der Waals surface area (Å²) < 4.78 is 39.2. The van der Waals surface area contributed by atoms with E-state index in [4.69, 9.17) is 9.47 Å². The minimum atomic E-state index is -3.69. The molecule has 30 heavy (non-hydrogen) atoms. The van der Waals surface area contributed by atoms with Crippen molar-refractivity contribution < 1.29 is 17.9 Å². The highest BCUT2D eigenvalue weighted by molar-refractivity contribution is 7.89. The van der Waals surface area contributed by atoms with Crippen LogP contribution < -0.4 is 19.3 Å². The van der Waals surface area contributed by atoms with Gasteiger partial charge in [-0.05, 0) is 26.0 Å². The lowest BCUT2D eigenvalue weighted by atomic mass is 10.3. The van der Waals surface area contributed by atoms with Crippen molar-refractivity contribution in [3.63, 3.8) is 0 Å². The van der Waals surface area contributed by atoms with Gasteiger partial charge >= 0.3 is 0 Å². The minimum absolute atomic E-state index is 0.163. The van der Waals surface area contributed by atoms with E-state index in [1.807, 2.05) is 43.8 Å². The molecule has 164 valence electrons. The van der Waals surface area contributed by atoms with Crippen molar-refractivity contribution >= 4 is 21.5 Å². The molecule has 1 aromatic carbocycles. The van der Waals surface area contributed by atoms with Crippen molar-refractivity contribution in [2.45, 2.75) is 18.7 Å². The lowest BCUT2D eigenvalue weighted by Gasteiger charge is -2.34.